The summed E-state index contributed by atoms with van der Waals surface area (Å²) < 4.78 is 4.81. The molecule has 1 rings (SSSR count). The predicted octanol–water partition coefficient (Wildman–Crippen LogP) is 1.81. The molecule has 0 saturated heterocycles. The van der Waals surface area contributed by atoms with Crippen LogP contribution in [0.3, 0.4) is 0 Å². The molecule has 3 heteroatoms. The molecule has 0 aliphatic heterocycles. The number of rotatable bonds is 5. The van der Waals surface area contributed by atoms with Crippen LogP contribution in [0.15, 0.2) is 4.99 Å². The van der Waals surface area contributed by atoms with Gasteiger partial charge in [-0.25, -0.2) is 4.79 Å². The first kappa shape index (κ1) is 10.2. The first-order valence-electron chi connectivity index (χ1n) is 4.92. The number of esters is 1. The fourth-order valence-corrected chi connectivity index (χ4v) is 1.12. The normalized spacial score (nSPS) is 17.2. The number of aliphatic imine (C=N–C) groups is 1. The van der Waals surface area contributed by atoms with Crippen molar-refractivity contribution in [2.75, 3.05) is 13.2 Å². The van der Waals surface area contributed by atoms with Crippen molar-refractivity contribution in [2.45, 2.75) is 33.1 Å². The first-order chi connectivity index (χ1) is 6.24. The zero-order valence-electron chi connectivity index (χ0n) is 8.38. The monoisotopic (exact) mass is 183 g/mol. The minimum atomic E-state index is -0.279. The zero-order valence-corrected chi connectivity index (χ0v) is 8.38. The van der Waals surface area contributed by atoms with E-state index in [9.17, 15) is 4.79 Å². The molecule has 1 aliphatic carbocycles. The lowest BCUT2D eigenvalue weighted by Gasteiger charge is -2.00. The van der Waals surface area contributed by atoms with E-state index in [1.54, 1.807) is 13.8 Å². The van der Waals surface area contributed by atoms with Gasteiger partial charge in [0.05, 0.1) is 6.61 Å². The standard InChI is InChI=1S/C10H17NO2/c1-3-13-10(12)8(2)11-7-6-9-4-5-9/h9H,3-7H2,1-2H3. The van der Waals surface area contributed by atoms with Crippen LogP contribution in [0.4, 0.5) is 0 Å². The van der Waals surface area contributed by atoms with Gasteiger partial charge in [0.1, 0.15) is 5.71 Å². The Kier molecular flexibility index (Phi) is 3.93. The summed E-state index contributed by atoms with van der Waals surface area (Å²) in [6.45, 7) is 4.71. The van der Waals surface area contributed by atoms with E-state index in [4.69, 9.17) is 4.74 Å². The molecule has 0 heterocycles. The maximum Gasteiger partial charge on any atom is 0.351 e. The van der Waals surface area contributed by atoms with Crippen molar-refractivity contribution in [3.63, 3.8) is 0 Å². The van der Waals surface area contributed by atoms with Crippen LogP contribution in [-0.2, 0) is 9.53 Å². The van der Waals surface area contributed by atoms with Gasteiger partial charge in [0.2, 0.25) is 0 Å². The highest BCUT2D eigenvalue weighted by Gasteiger charge is 2.20. The van der Waals surface area contributed by atoms with Crippen LogP contribution in [0.2, 0.25) is 0 Å². The lowest BCUT2D eigenvalue weighted by molar-refractivity contribution is -0.135. The van der Waals surface area contributed by atoms with Crippen molar-refractivity contribution < 1.29 is 9.53 Å². The molecule has 0 aromatic carbocycles. The third-order valence-corrected chi connectivity index (χ3v) is 2.15. The fraction of sp³-hybridized carbons (Fsp3) is 0.800. The molecule has 0 aromatic heterocycles. The average Bonchev–Trinajstić information content (AvgIpc) is 2.88. The molecule has 0 unspecified atom stereocenters. The SMILES string of the molecule is CCOC(=O)C(C)=NCCC1CC1. The van der Waals surface area contributed by atoms with E-state index in [2.05, 4.69) is 4.99 Å². The molecule has 74 valence electrons. The maximum atomic E-state index is 11.1. The lowest BCUT2D eigenvalue weighted by Crippen LogP contribution is -2.14. The Bertz CT molecular complexity index is 207. The van der Waals surface area contributed by atoms with Gasteiger partial charge in [-0.15, -0.1) is 0 Å². The number of carbonyl (C=O) groups is 1. The molecule has 0 amide bonds. The number of hydrogen-bond acceptors (Lipinski definition) is 3. The largest absolute Gasteiger partial charge is 0.462 e. The van der Waals surface area contributed by atoms with Crippen LogP contribution in [0.25, 0.3) is 0 Å². The van der Waals surface area contributed by atoms with Crippen LogP contribution in [0.1, 0.15) is 33.1 Å². The second-order valence-corrected chi connectivity index (χ2v) is 3.42. The minimum Gasteiger partial charge on any atom is -0.462 e. The van der Waals surface area contributed by atoms with Crippen molar-refractivity contribution in [1.29, 1.82) is 0 Å². The molecule has 13 heavy (non-hydrogen) atoms. The lowest BCUT2D eigenvalue weighted by atomic mass is 10.3. The summed E-state index contributed by atoms with van der Waals surface area (Å²) in [4.78, 5) is 15.2. The zero-order chi connectivity index (χ0) is 9.68. The van der Waals surface area contributed by atoms with Gasteiger partial charge in [0, 0.05) is 6.54 Å². The maximum absolute atomic E-state index is 11.1. The van der Waals surface area contributed by atoms with Crippen LogP contribution >= 0.6 is 0 Å². The highest BCUT2D eigenvalue weighted by molar-refractivity contribution is 6.35. The Hall–Kier alpha value is -0.860. The Balaban J connectivity index is 2.18. The predicted molar refractivity (Wildman–Crippen MR) is 52.0 cm³/mol. The quantitative estimate of drug-likeness (QED) is 0.481. The van der Waals surface area contributed by atoms with Crippen LogP contribution in [0.5, 0.6) is 0 Å². The molecule has 1 saturated carbocycles. The van der Waals surface area contributed by atoms with E-state index in [-0.39, 0.29) is 5.97 Å². The van der Waals surface area contributed by atoms with Crippen LogP contribution in [-0.4, -0.2) is 24.8 Å². The second kappa shape index (κ2) is 5.00. The number of nitrogens with zero attached hydrogens (tertiary/aromatic N) is 1. The van der Waals surface area contributed by atoms with Crippen molar-refractivity contribution in [1.82, 2.24) is 0 Å². The van der Waals surface area contributed by atoms with Crippen molar-refractivity contribution in [2.24, 2.45) is 10.9 Å². The Morgan fingerprint density at radius 2 is 2.23 bits per heavy atom. The number of ether oxygens (including phenoxy) is 1. The van der Waals surface area contributed by atoms with E-state index in [1.165, 1.54) is 12.8 Å². The first-order valence-corrected chi connectivity index (χ1v) is 4.92. The summed E-state index contributed by atoms with van der Waals surface area (Å²) in [5, 5.41) is 0. The van der Waals surface area contributed by atoms with Crippen LogP contribution in [0, 0.1) is 5.92 Å². The van der Waals surface area contributed by atoms with Crippen LogP contribution < -0.4 is 0 Å². The Morgan fingerprint density at radius 1 is 1.54 bits per heavy atom. The van der Waals surface area contributed by atoms with Gasteiger partial charge in [-0.3, -0.25) is 4.99 Å². The van der Waals surface area contributed by atoms with E-state index >= 15 is 0 Å². The molecule has 0 atom stereocenters. The van der Waals surface area contributed by atoms with Gasteiger partial charge in [-0.05, 0) is 26.2 Å². The van der Waals surface area contributed by atoms with Gasteiger partial charge in [-0.1, -0.05) is 12.8 Å². The summed E-state index contributed by atoms with van der Waals surface area (Å²) in [7, 11) is 0. The molecule has 0 aromatic rings. The molecule has 1 aliphatic rings. The second-order valence-electron chi connectivity index (χ2n) is 3.42. The van der Waals surface area contributed by atoms with Crippen molar-refractivity contribution in [3.05, 3.63) is 0 Å². The van der Waals surface area contributed by atoms with E-state index in [1.807, 2.05) is 0 Å². The average molecular weight is 183 g/mol. The van der Waals surface area contributed by atoms with Gasteiger partial charge >= 0.3 is 5.97 Å². The van der Waals surface area contributed by atoms with Crippen molar-refractivity contribution in [3.8, 4) is 0 Å². The van der Waals surface area contributed by atoms with Gasteiger partial charge in [-0.2, -0.15) is 0 Å². The van der Waals surface area contributed by atoms with E-state index < -0.39 is 0 Å². The van der Waals surface area contributed by atoms with Gasteiger partial charge < -0.3 is 4.74 Å². The van der Waals surface area contributed by atoms with Crippen molar-refractivity contribution >= 4 is 11.7 Å². The molecular formula is C10H17NO2. The molecule has 0 bridgehead atoms. The smallest absolute Gasteiger partial charge is 0.351 e. The highest BCUT2D eigenvalue weighted by atomic mass is 16.5. The summed E-state index contributed by atoms with van der Waals surface area (Å²) in [5.41, 5.74) is 0.502. The molecule has 1 fully saturated rings. The summed E-state index contributed by atoms with van der Waals surface area (Å²) >= 11 is 0. The topological polar surface area (TPSA) is 38.7 Å². The Morgan fingerprint density at radius 3 is 2.77 bits per heavy atom. The third-order valence-electron chi connectivity index (χ3n) is 2.15. The van der Waals surface area contributed by atoms with Gasteiger partial charge in [0.25, 0.3) is 0 Å². The Labute approximate surface area is 79.2 Å². The minimum absolute atomic E-state index is 0.279. The fourth-order valence-electron chi connectivity index (χ4n) is 1.12. The summed E-state index contributed by atoms with van der Waals surface area (Å²) in [5.74, 6) is 0.594. The van der Waals surface area contributed by atoms with Gasteiger partial charge in [0.15, 0.2) is 0 Å². The number of carbonyl (C=O) groups excluding carboxylic acids is 1. The van der Waals surface area contributed by atoms with E-state index in [0.717, 1.165) is 18.9 Å². The molecule has 0 radical (unpaired) electrons. The molecular weight excluding hydrogens is 166 g/mol. The highest BCUT2D eigenvalue weighted by Crippen LogP contribution is 2.32. The molecule has 0 N–H and O–H groups in total. The molecule has 0 spiro atoms. The molecule has 3 nitrogen and oxygen atoms in total. The summed E-state index contributed by atoms with van der Waals surface area (Å²) in [6, 6.07) is 0. The third kappa shape index (κ3) is 4.06. The summed E-state index contributed by atoms with van der Waals surface area (Å²) in [6.07, 6.45) is 3.80. The van der Waals surface area contributed by atoms with E-state index in [0.29, 0.717) is 12.3 Å². The number of hydrogen-bond donors (Lipinski definition) is 0.